The maximum atomic E-state index is 12.3. The Morgan fingerprint density at radius 3 is 2.64 bits per heavy atom. The summed E-state index contributed by atoms with van der Waals surface area (Å²) >= 11 is 0. The number of carbonyl (C=O) groups is 1. The van der Waals surface area contributed by atoms with Crippen molar-refractivity contribution in [2.24, 2.45) is 0 Å². The molecule has 0 unspecified atom stereocenters. The van der Waals surface area contributed by atoms with Gasteiger partial charge in [0.1, 0.15) is 11.3 Å². The number of hydrogen-bond acceptors (Lipinski definition) is 5. The van der Waals surface area contributed by atoms with Gasteiger partial charge in [0, 0.05) is 12.5 Å². The minimum absolute atomic E-state index is 0.0520. The summed E-state index contributed by atoms with van der Waals surface area (Å²) in [6, 6.07) is 15.6. The molecule has 0 saturated carbocycles. The van der Waals surface area contributed by atoms with Gasteiger partial charge in [-0.2, -0.15) is 0 Å². The first-order chi connectivity index (χ1) is 13.7. The van der Waals surface area contributed by atoms with E-state index in [0.717, 1.165) is 54.2 Å². The third kappa shape index (κ3) is 4.34. The smallest absolute Gasteiger partial charge is 0.234 e. The molecule has 1 saturated heterocycles. The minimum atomic E-state index is 0.0520. The van der Waals surface area contributed by atoms with Crippen LogP contribution in [0.5, 0.6) is 5.75 Å². The Bertz CT molecular complexity index is 895. The average Bonchev–Trinajstić information content (AvgIpc) is 3.17. The normalized spacial score (nSPS) is 15.6. The molecule has 6 heteroatoms. The molecular formula is C22H25N3O3. The summed E-state index contributed by atoms with van der Waals surface area (Å²) in [5.41, 5.74) is 2.82. The number of aromatic nitrogens is 1. The van der Waals surface area contributed by atoms with Crippen LogP contribution in [0.25, 0.3) is 11.1 Å². The maximum absolute atomic E-state index is 12.3. The third-order valence-electron chi connectivity index (χ3n) is 5.26. The number of ether oxygens (including phenoxy) is 1. The number of benzene rings is 2. The lowest BCUT2D eigenvalue weighted by molar-refractivity contribution is -0.122. The quantitative estimate of drug-likeness (QED) is 0.712. The predicted molar refractivity (Wildman–Crippen MR) is 107 cm³/mol. The molecule has 0 spiro atoms. The van der Waals surface area contributed by atoms with Gasteiger partial charge in [0.05, 0.1) is 13.7 Å². The van der Waals surface area contributed by atoms with Crippen LogP contribution in [0.1, 0.15) is 30.2 Å². The fourth-order valence-corrected chi connectivity index (χ4v) is 3.61. The van der Waals surface area contributed by atoms with Crippen LogP contribution in [0.3, 0.4) is 0 Å². The van der Waals surface area contributed by atoms with Gasteiger partial charge in [-0.3, -0.25) is 9.69 Å². The van der Waals surface area contributed by atoms with E-state index >= 15 is 0 Å². The minimum Gasteiger partial charge on any atom is -0.497 e. The lowest BCUT2D eigenvalue weighted by Gasteiger charge is -2.29. The monoisotopic (exact) mass is 379 g/mol. The van der Waals surface area contributed by atoms with E-state index in [-0.39, 0.29) is 5.91 Å². The molecule has 2 heterocycles. The summed E-state index contributed by atoms with van der Waals surface area (Å²) < 4.78 is 11.1. The van der Waals surface area contributed by atoms with Crippen molar-refractivity contribution in [2.45, 2.75) is 25.3 Å². The van der Waals surface area contributed by atoms with E-state index in [2.05, 4.69) is 15.2 Å². The molecule has 1 fully saturated rings. The summed E-state index contributed by atoms with van der Waals surface area (Å²) in [5, 5.41) is 2.99. The Balaban J connectivity index is 1.23. The van der Waals surface area contributed by atoms with Crippen LogP contribution in [0.4, 0.5) is 0 Å². The number of fused-ring (bicyclic) bond motifs is 1. The van der Waals surface area contributed by atoms with Gasteiger partial charge in [0.2, 0.25) is 5.91 Å². The highest BCUT2D eigenvalue weighted by atomic mass is 16.5. The largest absolute Gasteiger partial charge is 0.497 e. The number of likely N-dealkylation sites (tertiary alicyclic amines) is 1. The van der Waals surface area contributed by atoms with Gasteiger partial charge < -0.3 is 14.5 Å². The number of carbonyl (C=O) groups excluding carboxylic acids is 1. The first-order valence-electron chi connectivity index (χ1n) is 9.69. The van der Waals surface area contributed by atoms with Crippen LogP contribution in [0.2, 0.25) is 0 Å². The highest BCUT2D eigenvalue weighted by Gasteiger charge is 2.25. The summed E-state index contributed by atoms with van der Waals surface area (Å²) in [6.07, 6.45) is 1.91. The molecular weight excluding hydrogens is 354 g/mol. The van der Waals surface area contributed by atoms with Gasteiger partial charge in [-0.05, 0) is 55.8 Å². The van der Waals surface area contributed by atoms with Crippen molar-refractivity contribution in [3.63, 3.8) is 0 Å². The molecule has 1 aromatic heterocycles. The maximum Gasteiger partial charge on any atom is 0.234 e. The molecule has 146 valence electrons. The zero-order valence-corrected chi connectivity index (χ0v) is 16.1. The van der Waals surface area contributed by atoms with E-state index in [9.17, 15) is 4.79 Å². The Hall–Kier alpha value is -2.86. The molecule has 1 amide bonds. The van der Waals surface area contributed by atoms with Crippen molar-refractivity contribution in [1.29, 1.82) is 0 Å². The second kappa shape index (κ2) is 8.44. The number of para-hydroxylation sites is 2. The summed E-state index contributed by atoms with van der Waals surface area (Å²) in [7, 11) is 1.64. The summed E-state index contributed by atoms with van der Waals surface area (Å²) in [6.45, 7) is 2.71. The van der Waals surface area contributed by atoms with E-state index in [1.807, 2.05) is 48.5 Å². The fourth-order valence-electron chi connectivity index (χ4n) is 3.61. The lowest BCUT2D eigenvalue weighted by atomic mass is 9.97. The standard InChI is InChI=1S/C22H25N3O3/c1-27-18-8-6-16(7-9-18)14-23-21(26)15-25-12-10-17(11-13-25)22-24-19-4-2-3-5-20(19)28-22/h2-9,17H,10-15H2,1H3,(H,23,26). The molecule has 28 heavy (non-hydrogen) atoms. The molecule has 1 N–H and O–H groups in total. The number of hydrogen-bond donors (Lipinski definition) is 1. The van der Waals surface area contributed by atoms with E-state index in [0.29, 0.717) is 19.0 Å². The van der Waals surface area contributed by atoms with Gasteiger partial charge in [0.25, 0.3) is 0 Å². The second-order valence-corrected chi connectivity index (χ2v) is 7.20. The summed E-state index contributed by atoms with van der Waals surface area (Å²) in [4.78, 5) is 19.1. The van der Waals surface area contributed by atoms with Crippen LogP contribution in [-0.4, -0.2) is 42.5 Å². The van der Waals surface area contributed by atoms with Gasteiger partial charge in [-0.15, -0.1) is 0 Å². The zero-order chi connectivity index (χ0) is 19.3. The van der Waals surface area contributed by atoms with Crippen LogP contribution in [-0.2, 0) is 11.3 Å². The lowest BCUT2D eigenvalue weighted by Crippen LogP contribution is -2.41. The molecule has 2 aromatic carbocycles. The average molecular weight is 379 g/mol. The van der Waals surface area contributed by atoms with Crippen LogP contribution in [0.15, 0.2) is 52.9 Å². The molecule has 0 atom stereocenters. The Labute approximate surface area is 164 Å². The molecule has 4 rings (SSSR count). The molecule has 0 bridgehead atoms. The number of rotatable bonds is 6. The van der Waals surface area contributed by atoms with Crippen molar-refractivity contribution in [3.8, 4) is 5.75 Å². The van der Waals surface area contributed by atoms with Gasteiger partial charge >= 0.3 is 0 Å². The van der Waals surface area contributed by atoms with Gasteiger partial charge in [-0.25, -0.2) is 4.98 Å². The first-order valence-corrected chi connectivity index (χ1v) is 9.69. The van der Waals surface area contributed by atoms with Crippen molar-refractivity contribution in [2.75, 3.05) is 26.7 Å². The molecule has 6 nitrogen and oxygen atoms in total. The first kappa shape index (κ1) is 18.5. The number of methoxy groups -OCH3 is 1. The van der Waals surface area contributed by atoms with Crippen LogP contribution >= 0.6 is 0 Å². The molecule has 3 aromatic rings. The van der Waals surface area contributed by atoms with Crippen molar-refractivity contribution >= 4 is 17.0 Å². The highest BCUT2D eigenvalue weighted by Crippen LogP contribution is 2.29. The molecule has 1 aliphatic heterocycles. The van der Waals surface area contributed by atoms with Crippen molar-refractivity contribution in [1.82, 2.24) is 15.2 Å². The van der Waals surface area contributed by atoms with Crippen molar-refractivity contribution < 1.29 is 13.9 Å². The predicted octanol–water partition coefficient (Wildman–Crippen LogP) is 3.33. The topological polar surface area (TPSA) is 67.6 Å². The number of oxazole rings is 1. The van der Waals surface area contributed by atoms with E-state index in [1.165, 1.54) is 0 Å². The van der Waals surface area contributed by atoms with Gasteiger partial charge in [0.15, 0.2) is 11.5 Å². The Morgan fingerprint density at radius 2 is 1.93 bits per heavy atom. The number of nitrogens with zero attached hydrogens (tertiary/aromatic N) is 2. The van der Waals surface area contributed by atoms with Crippen LogP contribution < -0.4 is 10.1 Å². The Kier molecular flexibility index (Phi) is 5.58. The number of piperidine rings is 1. The fraction of sp³-hybridized carbons (Fsp3) is 0.364. The van der Waals surface area contributed by atoms with E-state index < -0.39 is 0 Å². The van der Waals surface area contributed by atoms with E-state index in [4.69, 9.17) is 9.15 Å². The SMILES string of the molecule is COc1ccc(CNC(=O)CN2CCC(c3nc4ccccc4o3)CC2)cc1. The molecule has 0 aliphatic carbocycles. The number of amides is 1. The zero-order valence-electron chi connectivity index (χ0n) is 16.1. The third-order valence-corrected chi connectivity index (χ3v) is 5.26. The number of nitrogens with one attached hydrogen (secondary N) is 1. The van der Waals surface area contributed by atoms with Crippen LogP contribution in [0, 0.1) is 0 Å². The Morgan fingerprint density at radius 1 is 1.18 bits per heavy atom. The molecule has 0 radical (unpaired) electrons. The summed E-state index contributed by atoms with van der Waals surface area (Å²) in [5.74, 6) is 2.02. The second-order valence-electron chi connectivity index (χ2n) is 7.20. The highest BCUT2D eigenvalue weighted by molar-refractivity contribution is 5.78. The molecule has 1 aliphatic rings. The van der Waals surface area contributed by atoms with Crippen molar-refractivity contribution in [3.05, 3.63) is 60.0 Å². The van der Waals surface area contributed by atoms with Gasteiger partial charge in [-0.1, -0.05) is 24.3 Å². The van der Waals surface area contributed by atoms with E-state index in [1.54, 1.807) is 7.11 Å².